The Labute approximate surface area is 108 Å². The average molecular weight is 254 g/mol. The maximum absolute atomic E-state index is 11.8. The highest BCUT2D eigenvalue weighted by molar-refractivity contribution is 5.83. The van der Waals surface area contributed by atoms with Crippen molar-refractivity contribution in [1.82, 2.24) is 9.80 Å². The first-order chi connectivity index (χ1) is 8.20. The van der Waals surface area contributed by atoms with Gasteiger partial charge in [-0.2, -0.15) is 0 Å². The number of piperidine rings is 1. The Balaban J connectivity index is 1.84. The van der Waals surface area contributed by atoms with E-state index in [1.54, 1.807) is 23.9 Å². The zero-order valence-electron chi connectivity index (χ0n) is 11.8. The van der Waals surface area contributed by atoms with Gasteiger partial charge in [0.2, 0.25) is 5.91 Å². The van der Waals surface area contributed by atoms with Gasteiger partial charge in [-0.3, -0.25) is 4.79 Å². The number of amides is 2. The third-order valence-corrected chi connectivity index (χ3v) is 3.57. The Morgan fingerprint density at radius 1 is 1.17 bits per heavy atom. The van der Waals surface area contributed by atoms with Crippen LogP contribution in [-0.2, 0) is 9.53 Å². The highest BCUT2D eigenvalue weighted by atomic mass is 16.6. The van der Waals surface area contributed by atoms with Crippen molar-refractivity contribution in [3.63, 3.8) is 0 Å². The molecule has 0 aromatic rings. The Morgan fingerprint density at radius 3 is 2.06 bits per heavy atom. The molecule has 5 nitrogen and oxygen atoms in total. The summed E-state index contributed by atoms with van der Waals surface area (Å²) < 4.78 is 5.33. The number of rotatable bonds is 1. The second-order valence-corrected chi connectivity index (χ2v) is 6.47. The lowest BCUT2D eigenvalue weighted by atomic mass is 10.2. The average Bonchev–Trinajstić information content (AvgIpc) is 2.68. The fraction of sp³-hybridized carbons (Fsp3) is 0.846. The van der Waals surface area contributed by atoms with Gasteiger partial charge in [-0.15, -0.1) is 0 Å². The molecule has 5 heteroatoms. The number of fused-ring (bicyclic) bond motifs is 1. The van der Waals surface area contributed by atoms with E-state index >= 15 is 0 Å². The van der Waals surface area contributed by atoms with E-state index < -0.39 is 5.60 Å². The number of hydrogen-bond donors (Lipinski definition) is 0. The van der Waals surface area contributed by atoms with Crippen LogP contribution < -0.4 is 0 Å². The molecule has 1 aliphatic heterocycles. The van der Waals surface area contributed by atoms with E-state index in [2.05, 4.69) is 0 Å². The van der Waals surface area contributed by atoms with E-state index in [1.807, 2.05) is 20.8 Å². The molecule has 2 fully saturated rings. The summed E-state index contributed by atoms with van der Waals surface area (Å²) in [5.41, 5.74) is -0.456. The van der Waals surface area contributed by atoms with E-state index in [0.29, 0.717) is 24.9 Å². The molecule has 0 aromatic carbocycles. The van der Waals surface area contributed by atoms with Crippen molar-refractivity contribution < 1.29 is 14.3 Å². The number of carbonyl (C=O) groups is 2. The quantitative estimate of drug-likeness (QED) is 0.706. The molecule has 1 saturated carbocycles. The molecule has 2 amide bonds. The SMILES string of the molecule is CN(C)C(=O)C1[C@H]2CN(C(=O)OC(C)(C)C)C[C@@H]12. The summed E-state index contributed by atoms with van der Waals surface area (Å²) in [6.45, 7) is 6.90. The summed E-state index contributed by atoms with van der Waals surface area (Å²) in [4.78, 5) is 27.0. The molecule has 0 bridgehead atoms. The van der Waals surface area contributed by atoms with Gasteiger partial charge < -0.3 is 14.5 Å². The molecular weight excluding hydrogens is 232 g/mol. The Bertz CT molecular complexity index is 361. The molecule has 0 N–H and O–H groups in total. The van der Waals surface area contributed by atoms with E-state index in [1.165, 1.54) is 0 Å². The first-order valence-corrected chi connectivity index (χ1v) is 6.40. The topological polar surface area (TPSA) is 49.9 Å². The number of carbonyl (C=O) groups excluding carboxylic acids is 2. The van der Waals surface area contributed by atoms with Crippen LogP contribution in [0, 0.1) is 17.8 Å². The molecule has 0 radical (unpaired) electrons. The molecule has 18 heavy (non-hydrogen) atoms. The maximum atomic E-state index is 11.8. The van der Waals surface area contributed by atoms with E-state index in [0.717, 1.165) is 0 Å². The molecule has 1 heterocycles. The number of nitrogens with zero attached hydrogens (tertiary/aromatic N) is 2. The molecule has 1 aliphatic carbocycles. The molecule has 102 valence electrons. The van der Waals surface area contributed by atoms with Gasteiger partial charge >= 0.3 is 6.09 Å². The van der Waals surface area contributed by atoms with Crippen LogP contribution in [0.2, 0.25) is 0 Å². The molecule has 1 unspecified atom stereocenters. The predicted octanol–water partition coefficient (Wildman–Crippen LogP) is 1.19. The highest BCUT2D eigenvalue weighted by Gasteiger charge is 2.60. The van der Waals surface area contributed by atoms with Crippen molar-refractivity contribution in [2.75, 3.05) is 27.2 Å². The fourth-order valence-corrected chi connectivity index (χ4v) is 2.67. The Hall–Kier alpha value is -1.26. The number of likely N-dealkylation sites (tertiary alicyclic amines) is 1. The van der Waals surface area contributed by atoms with Gasteiger partial charge in [0, 0.05) is 33.1 Å². The van der Waals surface area contributed by atoms with Crippen LogP contribution in [0.4, 0.5) is 4.79 Å². The van der Waals surface area contributed by atoms with Crippen LogP contribution >= 0.6 is 0 Å². The van der Waals surface area contributed by atoms with E-state index in [4.69, 9.17) is 4.74 Å². The second-order valence-electron chi connectivity index (χ2n) is 6.47. The summed E-state index contributed by atoms with van der Waals surface area (Å²) in [6, 6.07) is 0. The normalized spacial score (nSPS) is 29.8. The summed E-state index contributed by atoms with van der Waals surface area (Å²) in [5, 5.41) is 0. The smallest absolute Gasteiger partial charge is 0.410 e. The van der Waals surface area contributed by atoms with Crippen molar-refractivity contribution in [3.05, 3.63) is 0 Å². The van der Waals surface area contributed by atoms with Gasteiger partial charge in [-0.05, 0) is 32.6 Å². The monoisotopic (exact) mass is 254 g/mol. The van der Waals surface area contributed by atoms with Crippen molar-refractivity contribution in [3.8, 4) is 0 Å². The van der Waals surface area contributed by atoms with Crippen molar-refractivity contribution in [1.29, 1.82) is 0 Å². The van der Waals surface area contributed by atoms with Crippen molar-refractivity contribution >= 4 is 12.0 Å². The fourth-order valence-electron chi connectivity index (χ4n) is 2.67. The van der Waals surface area contributed by atoms with Crippen LogP contribution in [0.5, 0.6) is 0 Å². The summed E-state index contributed by atoms with van der Waals surface area (Å²) >= 11 is 0. The minimum Gasteiger partial charge on any atom is -0.444 e. The third kappa shape index (κ3) is 2.44. The van der Waals surface area contributed by atoms with Crippen LogP contribution in [0.1, 0.15) is 20.8 Å². The molecule has 1 saturated heterocycles. The van der Waals surface area contributed by atoms with E-state index in [9.17, 15) is 9.59 Å². The molecule has 0 spiro atoms. The minimum absolute atomic E-state index is 0.124. The second kappa shape index (κ2) is 4.14. The first kappa shape index (κ1) is 13.2. The first-order valence-electron chi connectivity index (χ1n) is 6.40. The molecule has 0 aromatic heterocycles. The number of ether oxygens (including phenoxy) is 1. The van der Waals surface area contributed by atoms with Gasteiger partial charge in [-0.25, -0.2) is 4.79 Å². The molecule has 2 rings (SSSR count). The lowest BCUT2D eigenvalue weighted by Crippen LogP contribution is -2.38. The van der Waals surface area contributed by atoms with Crippen LogP contribution in [0.25, 0.3) is 0 Å². The van der Waals surface area contributed by atoms with Gasteiger partial charge in [-0.1, -0.05) is 0 Å². The molecule has 2 aliphatic rings. The van der Waals surface area contributed by atoms with Crippen LogP contribution in [-0.4, -0.2) is 54.6 Å². The van der Waals surface area contributed by atoms with Crippen molar-refractivity contribution in [2.24, 2.45) is 17.8 Å². The van der Waals surface area contributed by atoms with Gasteiger partial charge in [0.1, 0.15) is 5.60 Å². The Morgan fingerprint density at radius 2 is 1.67 bits per heavy atom. The number of hydrogen-bond acceptors (Lipinski definition) is 3. The molecular formula is C13H22N2O3. The standard InChI is InChI=1S/C13H22N2O3/c1-13(2,3)18-12(17)15-6-8-9(7-15)10(8)11(16)14(4)5/h8-10H,6-7H2,1-5H3/t8-,9+,10?. The molecule has 3 atom stereocenters. The maximum Gasteiger partial charge on any atom is 0.410 e. The zero-order chi connectivity index (χ0) is 13.7. The lowest BCUT2D eigenvalue weighted by Gasteiger charge is -2.26. The summed E-state index contributed by atoms with van der Waals surface area (Å²) in [7, 11) is 3.56. The summed E-state index contributed by atoms with van der Waals surface area (Å²) in [6.07, 6.45) is -0.259. The zero-order valence-corrected chi connectivity index (χ0v) is 11.8. The highest BCUT2D eigenvalue weighted by Crippen LogP contribution is 2.52. The lowest BCUT2D eigenvalue weighted by molar-refractivity contribution is -0.131. The van der Waals surface area contributed by atoms with Crippen LogP contribution in [0.3, 0.4) is 0 Å². The van der Waals surface area contributed by atoms with Gasteiger partial charge in [0.05, 0.1) is 0 Å². The largest absolute Gasteiger partial charge is 0.444 e. The van der Waals surface area contributed by atoms with E-state index in [-0.39, 0.29) is 17.9 Å². The van der Waals surface area contributed by atoms with Crippen LogP contribution in [0.15, 0.2) is 0 Å². The summed E-state index contributed by atoms with van der Waals surface area (Å²) in [5.74, 6) is 0.993. The Kier molecular flexibility index (Phi) is 3.03. The van der Waals surface area contributed by atoms with Gasteiger partial charge in [0.15, 0.2) is 0 Å². The van der Waals surface area contributed by atoms with Crippen molar-refractivity contribution in [2.45, 2.75) is 26.4 Å². The third-order valence-electron chi connectivity index (χ3n) is 3.57. The minimum atomic E-state index is -0.456. The predicted molar refractivity (Wildman–Crippen MR) is 67.0 cm³/mol. The van der Waals surface area contributed by atoms with Gasteiger partial charge in [0.25, 0.3) is 0 Å².